The molecule has 0 spiro atoms. The summed E-state index contributed by atoms with van der Waals surface area (Å²) in [6.45, 7) is 2.85. The Balaban J connectivity index is 0.000000212. The van der Waals surface area contributed by atoms with Gasteiger partial charge in [0.25, 0.3) is 17.7 Å². The number of rotatable bonds is 7. The molecule has 65 heavy (non-hydrogen) atoms. The van der Waals surface area contributed by atoms with Gasteiger partial charge in [0.05, 0.1) is 31.9 Å². The van der Waals surface area contributed by atoms with Crippen LogP contribution in [0.15, 0.2) is 84.9 Å². The highest BCUT2D eigenvalue weighted by atomic mass is 16.5. The van der Waals surface area contributed by atoms with Gasteiger partial charge in [0.15, 0.2) is 17.3 Å². The summed E-state index contributed by atoms with van der Waals surface area (Å²) in [5.74, 6) is 10.9. The molecule has 0 bridgehead atoms. The second-order valence-corrected chi connectivity index (χ2v) is 15.0. The van der Waals surface area contributed by atoms with E-state index in [0.29, 0.717) is 80.3 Å². The van der Waals surface area contributed by atoms with Gasteiger partial charge in [-0.2, -0.15) is 0 Å². The minimum Gasteiger partial charge on any atom is -0.497 e. The minimum atomic E-state index is -1.68. The Morgan fingerprint density at radius 2 is 1.14 bits per heavy atom. The van der Waals surface area contributed by atoms with Crippen molar-refractivity contribution in [3.63, 3.8) is 0 Å². The van der Waals surface area contributed by atoms with Crippen molar-refractivity contribution in [2.45, 2.75) is 38.4 Å². The Morgan fingerprint density at radius 3 is 1.54 bits per heavy atom. The van der Waals surface area contributed by atoms with Crippen LogP contribution in [0.2, 0.25) is 0 Å². The summed E-state index contributed by atoms with van der Waals surface area (Å²) < 4.78 is 15.7. The number of carbonyl (C=O) groups excluding carboxylic acids is 4. The lowest BCUT2D eigenvalue weighted by atomic mass is 10.0. The summed E-state index contributed by atoms with van der Waals surface area (Å²) in [5, 5.41) is 22.0. The molecule has 8 rings (SSSR count). The lowest BCUT2D eigenvalue weighted by Gasteiger charge is -2.13. The summed E-state index contributed by atoms with van der Waals surface area (Å²) in [5.41, 5.74) is 5.94. The fraction of sp³-hybridized carbons (Fsp3) is 0.265. The van der Waals surface area contributed by atoms with Crippen LogP contribution in [0.1, 0.15) is 59.3 Å². The quantitative estimate of drug-likeness (QED) is 0.150. The number of methoxy groups -OCH3 is 2. The number of benzene rings is 4. The maximum atomic E-state index is 12.6. The van der Waals surface area contributed by atoms with E-state index in [4.69, 9.17) is 19.9 Å². The van der Waals surface area contributed by atoms with E-state index in [1.54, 1.807) is 113 Å². The number of esters is 1. The fourth-order valence-electron chi connectivity index (χ4n) is 7.03. The number of nitrogens with zero attached hydrogens (tertiary/aromatic N) is 6. The first-order valence-corrected chi connectivity index (χ1v) is 20.1. The molecule has 2 saturated heterocycles. The third kappa shape index (κ3) is 9.84. The zero-order chi connectivity index (χ0) is 45.8. The lowest BCUT2D eigenvalue weighted by molar-refractivity contribution is -0.138. The second kappa shape index (κ2) is 19.2. The third-order valence-corrected chi connectivity index (χ3v) is 10.6. The smallest absolute Gasteiger partial charge is 0.357 e. The van der Waals surface area contributed by atoms with Crippen molar-refractivity contribution in [1.29, 1.82) is 0 Å². The minimum absolute atomic E-state index is 0. The molecule has 2 aliphatic heterocycles. The molecule has 332 valence electrons. The van der Waals surface area contributed by atoms with Gasteiger partial charge < -0.3 is 40.0 Å². The van der Waals surface area contributed by atoms with Crippen LogP contribution in [0.25, 0.3) is 44.6 Å². The Labute approximate surface area is 375 Å². The molecule has 0 aliphatic carbocycles. The van der Waals surface area contributed by atoms with Gasteiger partial charge in [0.2, 0.25) is 11.2 Å². The van der Waals surface area contributed by atoms with Gasteiger partial charge in [-0.1, -0.05) is 55.4 Å². The summed E-state index contributed by atoms with van der Waals surface area (Å²) in [4.78, 5) is 69.8. The monoisotopic (exact) mass is 877 g/mol. The molecule has 2 aromatic heterocycles. The Bertz CT molecular complexity index is 2990. The number of nitrogens with two attached hydrogens (primary N) is 1. The molecule has 16 nitrogen and oxygen atoms in total. The number of likely N-dealkylation sites (N-methyl/N-ethyl adjacent to an activating group) is 2. The molecule has 0 saturated carbocycles. The Morgan fingerprint density at radius 1 is 0.692 bits per heavy atom. The van der Waals surface area contributed by atoms with E-state index in [-0.39, 0.29) is 38.3 Å². The molecule has 16 heteroatoms. The van der Waals surface area contributed by atoms with Crippen molar-refractivity contribution in [2.75, 3.05) is 48.0 Å². The van der Waals surface area contributed by atoms with Crippen LogP contribution in [0, 0.1) is 23.7 Å². The number of hydrogen-bond donors (Lipinski definition) is 3. The molecule has 0 radical (unpaired) electrons. The SMILES string of the molecule is C.CCOC(=O)c1nc(-c2cccc(C#C[C@]3(O)CCN(C)C3=O)c2)nc2ccc(OC)cc12.COc1ccc2nc(-c3cccc(C#C[C@]4(O)CCN(C)C4=O)c3)nc(C(N)=O)c2c1. The summed E-state index contributed by atoms with van der Waals surface area (Å²) in [7, 11) is 6.34. The van der Waals surface area contributed by atoms with E-state index in [9.17, 15) is 29.4 Å². The topological polar surface area (TPSA) is 220 Å². The number of ether oxygens (including phenoxy) is 3. The van der Waals surface area contributed by atoms with E-state index in [2.05, 4.69) is 43.6 Å². The van der Waals surface area contributed by atoms with Crippen molar-refractivity contribution in [2.24, 2.45) is 5.73 Å². The number of primary amides is 1. The predicted molar refractivity (Wildman–Crippen MR) is 242 cm³/mol. The zero-order valence-corrected chi connectivity index (χ0v) is 35.6. The van der Waals surface area contributed by atoms with Crippen molar-refractivity contribution in [3.05, 3.63) is 107 Å². The van der Waals surface area contributed by atoms with Crippen LogP contribution in [0.4, 0.5) is 0 Å². The van der Waals surface area contributed by atoms with Crippen LogP contribution in [-0.2, 0) is 14.3 Å². The van der Waals surface area contributed by atoms with Crippen molar-refractivity contribution >= 4 is 45.5 Å². The van der Waals surface area contributed by atoms with Gasteiger partial charge in [0.1, 0.15) is 17.2 Å². The predicted octanol–water partition coefficient (Wildman–Crippen LogP) is 4.41. The second-order valence-electron chi connectivity index (χ2n) is 15.0. The molecule has 2 atom stereocenters. The number of amides is 3. The fourth-order valence-corrected chi connectivity index (χ4v) is 7.03. The summed E-state index contributed by atoms with van der Waals surface area (Å²) >= 11 is 0. The van der Waals surface area contributed by atoms with Gasteiger partial charge in [-0.15, -0.1) is 0 Å². The molecule has 4 N–H and O–H groups in total. The summed E-state index contributed by atoms with van der Waals surface area (Å²) in [6, 6.07) is 24.5. The maximum absolute atomic E-state index is 12.6. The van der Waals surface area contributed by atoms with Crippen LogP contribution >= 0.6 is 0 Å². The van der Waals surface area contributed by atoms with E-state index in [0.717, 1.165) is 0 Å². The highest BCUT2D eigenvalue weighted by Crippen LogP contribution is 2.29. The molecule has 4 heterocycles. The number of fused-ring (bicyclic) bond motifs is 2. The summed E-state index contributed by atoms with van der Waals surface area (Å²) in [6.07, 6.45) is 0.517. The number of carbonyl (C=O) groups is 4. The van der Waals surface area contributed by atoms with E-state index >= 15 is 0 Å². The molecule has 2 fully saturated rings. The highest BCUT2D eigenvalue weighted by Gasteiger charge is 2.43. The number of hydrogen-bond acceptors (Lipinski definition) is 13. The molecule has 2 aliphatic rings. The zero-order valence-electron chi connectivity index (χ0n) is 35.6. The van der Waals surface area contributed by atoms with Crippen LogP contribution in [0.3, 0.4) is 0 Å². The van der Waals surface area contributed by atoms with Gasteiger partial charge in [0, 0.05) is 73.1 Å². The lowest BCUT2D eigenvalue weighted by Crippen LogP contribution is -2.37. The standard InChI is InChI=1S/C25H23N3O5.C23H20N4O4.CH4/c1-4-33-23(29)21-19-15-18(32-3)8-9-20(19)26-22(27-21)17-7-5-6-16(14-17)10-11-25(31)12-13-28(2)24(25)30;1-27-11-10-23(30,22(27)29)9-8-14-4-3-5-15(12-14)21-25-18-7-6-16(31-2)13-17(18)19(26-21)20(24)28;/h5-9,14-15,31H,4,12-13H2,1-3H3;3-7,12-13,30H,10-11H2,1-2H3,(H2,24,28);1H4/t25-;23-;/m00./s1. The Hall–Kier alpha value is -7.92. The first-order valence-electron chi connectivity index (χ1n) is 20.1. The van der Waals surface area contributed by atoms with Crippen LogP contribution < -0.4 is 15.2 Å². The van der Waals surface area contributed by atoms with E-state index in [1.165, 1.54) is 16.9 Å². The average molecular weight is 878 g/mol. The van der Waals surface area contributed by atoms with E-state index < -0.39 is 34.9 Å². The van der Waals surface area contributed by atoms with Gasteiger partial charge >= 0.3 is 5.97 Å². The number of likely N-dealkylation sites (tertiary alicyclic amines) is 2. The van der Waals surface area contributed by atoms with Crippen LogP contribution in [0.5, 0.6) is 11.5 Å². The van der Waals surface area contributed by atoms with Gasteiger partial charge in [-0.3, -0.25) is 14.4 Å². The van der Waals surface area contributed by atoms with Gasteiger partial charge in [-0.25, -0.2) is 24.7 Å². The molecular weight excluding hydrogens is 831 g/mol. The average Bonchev–Trinajstić information content (AvgIpc) is 3.73. The third-order valence-electron chi connectivity index (χ3n) is 10.6. The largest absolute Gasteiger partial charge is 0.497 e. The highest BCUT2D eigenvalue weighted by molar-refractivity contribution is 6.05. The Kier molecular flexibility index (Phi) is 13.8. The number of aromatic nitrogens is 4. The first-order chi connectivity index (χ1) is 30.6. The van der Waals surface area contributed by atoms with Crippen molar-refractivity contribution in [3.8, 4) is 58.0 Å². The molecule has 4 aromatic carbocycles. The van der Waals surface area contributed by atoms with Gasteiger partial charge in [-0.05, 0) is 67.6 Å². The van der Waals surface area contributed by atoms with E-state index in [1.807, 2.05) is 0 Å². The van der Waals surface area contributed by atoms with Crippen molar-refractivity contribution < 1.29 is 43.6 Å². The van der Waals surface area contributed by atoms with Crippen molar-refractivity contribution in [1.82, 2.24) is 29.7 Å². The molecule has 0 unspecified atom stereocenters. The molecule has 3 amide bonds. The number of aliphatic hydroxyl groups is 2. The first kappa shape index (κ1) is 46.6. The molecular formula is C49H47N7O9. The van der Waals surface area contributed by atoms with Crippen LogP contribution in [-0.4, -0.2) is 123 Å². The maximum Gasteiger partial charge on any atom is 0.357 e. The normalized spacial score (nSPS) is 17.5. The molecule has 6 aromatic rings.